The Morgan fingerprint density at radius 1 is 0.970 bits per heavy atom. The van der Waals surface area contributed by atoms with Crippen LogP contribution in [-0.4, -0.2) is 29.0 Å². The Morgan fingerprint density at radius 2 is 1.67 bits per heavy atom. The van der Waals surface area contributed by atoms with Crippen molar-refractivity contribution in [2.45, 2.75) is 6.04 Å². The van der Waals surface area contributed by atoms with Gasteiger partial charge in [0.25, 0.3) is 5.91 Å². The Morgan fingerprint density at radius 3 is 2.39 bits per heavy atom. The minimum atomic E-state index is -0.963. The normalized spacial score (nSPS) is 16.0. The number of Topliss-reactive ketones (excluding diaryl/α,β-unsaturated/α-hetero) is 1. The lowest BCUT2D eigenvalue weighted by atomic mass is 9.94. The molecule has 0 radical (unpaired) electrons. The summed E-state index contributed by atoms with van der Waals surface area (Å²) in [6.07, 6.45) is 0. The molecular weight excluding hydrogens is 422 g/mol. The van der Waals surface area contributed by atoms with Crippen molar-refractivity contribution in [1.82, 2.24) is 0 Å². The Kier molecular flexibility index (Phi) is 4.86. The van der Waals surface area contributed by atoms with Gasteiger partial charge in [0.05, 0.1) is 24.4 Å². The number of amides is 1. The fourth-order valence-electron chi connectivity index (χ4n) is 4.11. The summed E-state index contributed by atoms with van der Waals surface area (Å²) in [4.78, 5) is 28.2. The van der Waals surface area contributed by atoms with Crippen LogP contribution in [0, 0.1) is 0 Å². The molecule has 33 heavy (non-hydrogen) atoms. The van der Waals surface area contributed by atoms with Crippen LogP contribution >= 0.6 is 0 Å². The molecule has 4 aromatic rings. The van der Waals surface area contributed by atoms with Crippen LogP contribution in [0.5, 0.6) is 11.5 Å². The average molecular weight is 441 g/mol. The van der Waals surface area contributed by atoms with Gasteiger partial charge in [0.2, 0.25) is 5.78 Å². The van der Waals surface area contributed by atoms with Crippen LogP contribution in [0.1, 0.15) is 22.2 Å². The second kappa shape index (κ2) is 7.87. The lowest BCUT2D eigenvalue weighted by Gasteiger charge is -2.28. The van der Waals surface area contributed by atoms with Gasteiger partial charge in [0, 0.05) is 5.39 Å². The molecule has 1 unspecified atom stereocenters. The van der Waals surface area contributed by atoms with Crippen molar-refractivity contribution < 1.29 is 29.0 Å². The number of anilines is 1. The molecular formula is C26H19NO6. The molecule has 1 amide bonds. The number of aliphatic hydroxyl groups excluding tert-OH is 1. The molecule has 7 heteroatoms. The predicted octanol–water partition coefficient (Wildman–Crippen LogP) is 4.93. The smallest absolute Gasteiger partial charge is 0.294 e. The van der Waals surface area contributed by atoms with Gasteiger partial charge in [-0.3, -0.25) is 14.5 Å². The summed E-state index contributed by atoms with van der Waals surface area (Å²) in [6.45, 7) is 0. The van der Waals surface area contributed by atoms with E-state index in [1.807, 2.05) is 12.1 Å². The highest BCUT2D eigenvalue weighted by Crippen LogP contribution is 2.45. The summed E-state index contributed by atoms with van der Waals surface area (Å²) in [5.74, 6) is -1.56. The van der Waals surface area contributed by atoms with Crippen molar-refractivity contribution in [3.8, 4) is 11.5 Å². The van der Waals surface area contributed by atoms with E-state index in [2.05, 4.69) is 0 Å². The van der Waals surface area contributed by atoms with Crippen molar-refractivity contribution in [3.63, 3.8) is 0 Å². The molecule has 0 aliphatic carbocycles. The zero-order valence-electron chi connectivity index (χ0n) is 17.6. The first-order valence-electron chi connectivity index (χ1n) is 10.2. The molecule has 0 bridgehead atoms. The van der Waals surface area contributed by atoms with E-state index in [-0.39, 0.29) is 17.1 Å². The van der Waals surface area contributed by atoms with E-state index in [1.165, 1.54) is 24.1 Å². The summed E-state index contributed by atoms with van der Waals surface area (Å²) in [5, 5.41) is 21.4. The molecule has 3 aromatic carbocycles. The largest absolute Gasteiger partial charge is 0.508 e. The topological polar surface area (TPSA) is 100 Å². The summed E-state index contributed by atoms with van der Waals surface area (Å²) < 4.78 is 11.2. The highest BCUT2D eigenvalue weighted by molar-refractivity contribution is 6.21. The van der Waals surface area contributed by atoms with Crippen molar-refractivity contribution in [2.75, 3.05) is 12.0 Å². The maximum Gasteiger partial charge on any atom is 0.294 e. The average Bonchev–Trinajstić information content (AvgIpc) is 3.38. The predicted molar refractivity (Wildman–Crippen MR) is 122 cm³/mol. The molecule has 7 nitrogen and oxygen atoms in total. The van der Waals surface area contributed by atoms with Crippen LogP contribution in [-0.2, 0) is 4.79 Å². The van der Waals surface area contributed by atoms with Crippen LogP contribution in [0.2, 0.25) is 0 Å². The third-order valence-electron chi connectivity index (χ3n) is 5.66. The number of phenols is 1. The van der Waals surface area contributed by atoms with Gasteiger partial charge in [-0.05, 0) is 42.0 Å². The minimum Gasteiger partial charge on any atom is -0.508 e. The fourth-order valence-corrected chi connectivity index (χ4v) is 4.11. The lowest BCUT2D eigenvalue weighted by Crippen LogP contribution is -2.31. The monoisotopic (exact) mass is 441 g/mol. The molecule has 0 saturated heterocycles. The van der Waals surface area contributed by atoms with Crippen LogP contribution in [0.4, 0.5) is 5.69 Å². The first-order valence-corrected chi connectivity index (χ1v) is 10.2. The molecule has 1 aromatic heterocycles. The number of phenolic OH excluding ortho intramolecular Hbond substituents is 1. The number of carbonyl (C=O) groups is 2. The van der Waals surface area contributed by atoms with Crippen LogP contribution in [0.15, 0.2) is 94.6 Å². The number of ether oxygens (including phenoxy) is 1. The van der Waals surface area contributed by atoms with Gasteiger partial charge < -0.3 is 19.4 Å². The van der Waals surface area contributed by atoms with E-state index < -0.39 is 23.5 Å². The lowest BCUT2D eigenvalue weighted by molar-refractivity contribution is -0.117. The van der Waals surface area contributed by atoms with E-state index in [0.717, 1.165) is 5.39 Å². The Labute approximate surface area is 188 Å². The standard InChI is InChI=1S/C26H19NO6/c1-32-20-9-5-3-7-18(20)27-23(15-10-12-17(28)13-11-15)22(25(30)26(27)31)24(29)21-14-16-6-2-4-8-19(16)33-21/h2-14,23,28,30H,1H3. The Bertz CT molecular complexity index is 1380. The van der Waals surface area contributed by atoms with Crippen molar-refractivity contribution in [2.24, 2.45) is 0 Å². The van der Waals surface area contributed by atoms with E-state index in [9.17, 15) is 19.8 Å². The molecule has 2 N–H and O–H groups in total. The maximum absolute atomic E-state index is 13.6. The number of methoxy groups -OCH3 is 1. The van der Waals surface area contributed by atoms with Crippen molar-refractivity contribution in [3.05, 3.63) is 102 Å². The van der Waals surface area contributed by atoms with Crippen LogP contribution < -0.4 is 9.64 Å². The number of ketones is 1. The summed E-state index contributed by atoms with van der Waals surface area (Å²) in [6, 6.07) is 20.7. The summed E-state index contributed by atoms with van der Waals surface area (Å²) in [7, 11) is 1.47. The first kappa shape index (κ1) is 20.4. The fraction of sp³-hybridized carbons (Fsp3) is 0.0769. The zero-order chi connectivity index (χ0) is 23.1. The van der Waals surface area contributed by atoms with E-state index in [0.29, 0.717) is 22.6 Å². The number of furan rings is 1. The number of benzene rings is 3. The SMILES string of the molecule is COc1ccccc1N1C(=O)C(O)=C(C(=O)c2cc3ccccc3o2)C1c1ccc(O)cc1. The molecule has 1 aliphatic rings. The number of hydrogen-bond acceptors (Lipinski definition) is 6. The molecule has 0 spiro atoms. The van der Waals surface area contributed by atoms with Crippen LogP contribution in [0.3, 0.4) is 0 Å². The quantitative estimate of drug-likeness (QED) is 0.426. The number of rotatable bonds is 5. The summed E-state index contributed by atoms with van der Waals surface area (Å²) >= 11 is 0. The third-order valence-corrected chi connectivity index (χ3v) is 5.66. The highest BCUT2D eigenvalue weighted by atomic mass is 16.5. The van der Waals surface area contributed by atoms with Crippen molar-refractivity contribution >= 4 is 28.3 Å². The molecule has 0 fully saturated rings. The number of aromatic hydroxyl groups is 1. The van der Waals surface area contributed by atoms with Gasteiger partial charge in [-0.1, -0.05) is 42.5 Å². The summed E-state index contributed by atoms with van der Waals surface area (Å²) in [5.41, 5.74) is 1.32. The van der Waals surface area contributed by atoms with E-state index in [1.54, 1.807) is 54.6 Å². The molecule has 1 atom stereocenters. The number of hydrogen-bond donors (Lipinski definition) is 2. The molecule has 1 aliphatic heterocycles. The van der Waals surface area contributed by atoms with Gasteiger partial charge in [-0.2, -0.15) is 0 Å². The number of para-hydroxylation sites is 3. The maximum atomic E-state index is 13.6. The third kappa shape index (κ3) is 3.30. The van der Waals surface area contributed by atoms with Crippen LogP contribution in [0.25, 0.3) is 11.0 Å². The van der Waals surface area contributed by atoms with Gasteiger partial charge in [-0.25, -0.2) is 0 Å². The van der Waals surface area contributed by atoms with Gasteiger partial charge in [0.15, 0.2) is 11.5 Å². The number of nitrogens with zero attached hydrogens (tertiary/aromatic N) is 1. The Hall–Kier alpha value is -4.52. The van der Waals surface area contributed by atoms with Gasteiger partial charge in [-0.15, -0.1) is 0 Å². The van der Waals surface area contributed by atoms with E-state index >= 15 is 0 Å². The minimum absolute atomic E-state index is 0.0104. The Balaban J connectivity index is 1.68. The van der Waals surface area contributed by atoms with Crippen molar-refractivity contribution in [1.29, 1.82) is 0 Å². The second-order valence-electron chi connectivity index (χ2n) is 7.58. The molecule has 164 valence electrons. The number of aliphatic hydroxyl groups is 1. The van der Waals surface area contributed by atoms with Gasteiger partial charge in [0.1, 0.15) is 17.1 Å². The highest BCUT2D eigenvalue weighted by Gasteiger charge is 2.46. The second-order valence-corrected chi connectivity index (χ2v) is 7.58. The van der Waals surface area contributed by atoms with E-state index in [4.69, 9.17) is 9.15 Å². The molecule has 2 heterocycles. The van der Waals surface area contributed by atoms with Gasteiger partial charge >= 0.3 is 0 Å². The first-order chi connectivity index (χ1) is 16.0. The number of carbonyl (C=O) groups excluding carboxylic acids is 2. The molecule has 5 rings (SSSR count). The molecule has 0 saturated carbocycles. The zero-order valence-corrected chi connectivity index (χ0v) is 17.6. The number of fused-ring (bicyclic) bond motifs is 1.